The number of aryl methyl sites for hydroxylation is 2. The van der Waals surface area contributed by atoms with Crippen molar-refractivity contribution < 1.29 is 17.9 Å². The minimum Gasteiger partial charge on any atom is -0.493 e. The molecular weight excluding hydrogens is 504 g/mol. The highest BCUT2D eigenvalue weighted by Crippen LogP contribution is 2.22. The van der Waals surface area contributed by atoms with Crippen molar-refractivity contribution >= 4 is 39.1 Å². The Hall–Kier alpha value is -3.75. The minimum absolute atomic E-state index is 0.107. The maximum Gasteiger partial charge on any atom is 0.261 e. The van der Waals surface area contributed by atoms with Crippen LogP contribution in [0.15, 0.2) is 107 Å². The van der Waals surface area contributed by atoms with Gasteiger partial charge in [-0.2, -0.15) is 0 Å². The molecule has 1 amide bonds. The monoisotopic (exact) mass is 532 g/mol. The second kappa shape index (κ2) is 12.0. The minimum atomic E-state index is -3.75. The van der Waals surface area contributed by atoms with E-state index in [-0.39, 0.29) is 10.8 Å². The van der Waals surface area contributed by atoms with E-state index in [9.17, 15) is 13.2 Å². The van der Waals surface area contributed by atoms with E-state index in [1.165, 1.54) is 17.0 Å². The number of ether oxygens (including phenoxy) is 1. The maximum atomic E-state index is 12.7. The molecule has 0 fully saturated rings. The van der Waals surface area contributed by atoms with Crippen molar-refractivity contribution in [1.82, 2.24) is 0 Å². The van der Waals surface area contributed by atoms with Crippen LogP contribution in [0.25, 0.3) is 0 Å². The third-order valence-electron chi connectivity index (χ3n) is 5.66. The Morgan fingerprint density at radius 1 is 0.811 bits per heavy atom. The molecule has 0 unspecified atom stereocenters. The molecule has 0 radical (unpaired) electrons. The van der Waals surface area contributed by atoms with Crippen LogP contribution in [0.1, 0.15) is 21.5 Å². The third-order valence-corrected chi connectivity index (χ3v) is 8.04. The molecule has 0 atom stereocenters. The molecule has 6 nitrogen and oxygen atoms in total. The fourth-order valence-electron chi connectivity index (χ4n) is 3.48. The molecular formula is C29H28N2O4S2. The number of hydrogen-bond acceptors (Lipinski definition) is 5. The van der Waals surface area contributed by atoms with Crippen molar-refractivity contribution in [3.63, 3.8) is 0 Å². The number of sulfonamides is 1. The molecule has 4 rings (SSSR count). The van der Waals surface area contributed by atoms with Gasteiger partial charge < -0.3 is 10.1 Å². The number of carbonyl (C=O) groups excluding carboxylic acids is 1. The zero-order chi connectivity index (χ0) is 26.3. The van der Waals surface area contributed by atoms with Gasteiger partial charge in [0.15, 0.2) is 0 Å². The summed E-state index contributed by atoms with van der Waals surface area (Å²) in [5.41, 5.74) is 3.55. The molecule has 0 aromatic heterocycles. The van der Waals surface area contributed by atoms with Gasteiger partial charge in [-0.3, -0.25) is 9.52 Å². The maximum absolute atomic E-state index is 12.7. The van der Waals surface area contributed by atoms with E-state index in [1.807, 2.05) is 38.1 Å². The molecule has 4 aromatic carbocycles. The van der Waals surface area contributed by atoms with Crippen LogP contribution < -0.4 is 14.8 Å². The lowest BCUT2D eigenvalue weighted by Gasteiger charge is -2.11. The Kier molecular flexibility index (Phi) is 8.53. The number of anilines is 2. The zero-order valence-corrected chi connectivity index (χ0v) is 22.2. The molecule has 0 bridgehead atoms. The largest absolute Gasteiger partial charge is 0.493 e. The third kappa shape index (κ3) is 7.38. The second-order valence-corrected chi connectivity index (χ2v) is 11.3. The molecule has 0 saturated heterocycles. The van der Waals surface area contributed by atoms with Gasteiger partial charge in [-0.25, -0.2) is 8.42 Å². The fourth-order valence-corrected chi connectivity index (χ4v) is 5.28. The lowest BCUT2D eigenvalue weighted by molar-refractivity contribution is 0.102. The van der Waals surface area contributed by atoms with Crippen molar-refractivity contribution in [2.24, 2.45) is 0 Å². The van der Waals surface area contributed by atoms with Gasteiger partial charge in [0.2, 0.25) is 0 Å². The van der Waals surface area contributed by atoms with Crippen LogP contribution in [0, 0.1) is 13.8 Å². The molecule has 0 spiro atoms. The van der Waals surface area contributed by atoms with Gasteiger partial charge in [0.1, 0.15) is 5.75 Å². The van der Waals surface area contributed by atoms with Crippen molar-refractivity contribution in [3.8, 4) is 5.75 Å². The van der Waals surface area contributed by atoms with Gasteiger partial charge in [0, 0.05) is 27.6 Å². The van der Waals surface area contributed by atoms with Crippen molar-refractivity contribution in [1.29, 1.82) is 0 Å². The molecule has 190 valence electrons. The summed E-state index contributed by atoms with van der Waals surface area (Å²) in [6.07, 6.45) is 0. The van der Waals surface area contributed by atoms with Crippen LogP contribution >= 0.6 is 11.8 Å². The normalized spacial score (nSPS) is 11.1. The number of carbonyl (C=O) groups is 1. The number of thioether (sulfide) groups is 1. The van der Waals surface area contributed by atoms with Gasteiger partial charge in [0.25, 0.3) is 15.9 Å². The topological polar surface area (TPSA) is 84.5 Å². The first-order valence-electron chi connectivity index (χ1n) is 11.7. The fraction of sp³-hybridized carbons (Fsp3) is 0.138. The summed E-state index contributed by atoms with van der Waals surface area (Å²) in [7, 11) is -3.75. The Morgan fingerprint density at radius 2 is 1.49 bits per heavy atom. The van der Waals surface area contributed by atoms with Gasteiger partial charge in [0.05, 0.1) is 11.5 Å². The summed E-state index contributed by atoms with van der Waals surface area (Å²) in [6, 6.07) is 28.5. The first kappa shape index (κ1) is 26.3. The molecule has 4 aromatic rings. The summed E-state index contributed by atoms with van der Waals surface area (Å²) in [5, 5.41) is 2.79. The average molecular weight is 533 g/mol. The lowest BCUT2D eigenvalue weighted by Crippen LogP contribution is -2.14. The first-order valence-corrected chi connectivity index (χ1v) is 14.2. The van der Waals surface area contributed by atoms with Crippen LogP contribution in [0.2, 0.25) is 0 Å². The zero-order valence-electron chi connectivity index (χ0n) is 20.6. The summed E-state index contributed by atoms with van der Waals surface area (Å²) in [4.78, 5) is 13.9. The van der Waals surface area contributed by atoms with E-state index in [0.717, 1.165) is 16.9 Å². The number of hydrogen-bond donors (Lipinski definition) is 2. The summed E-state index contributed by atoms with van der Waals surface area (Å²) in [5.74, 6) is 1.21. The highest BCUT2D eigenvalue weighted by atomic mass is 32.2. The van der Waals surface area contributed by atoms with E-state index >= 15 is 0 Å². The number of benzene rings is 4. The van der Waals surface area contributed by atoms with E-state index in [4.69, 9.17) is 4.74 Å². The second-order valence-electron chi connectivity index (χ2n) is 8.42. The highest BCUT2D eigenvalue weighted by molar-refractivity contribution is 7.99. The van der Waals surface area contributed by atoms with Gasteiger partial charge in [-0.15, -0.1) is 11.8 Å². The molecule has 0 aliphatic rings. The van der Waals surface area contributed by atoms with Crippen LogP contribution in [-0.2, 0) is 10.0 Å². The number of nitrogens with one attached hydrogen (secondary N) is 2. The Bertz CT molecular complexity index is 1450. The highest BCUT2D eigenvalue weighted by Gasteiger charge is 2.15. The summed E-state index contributed by atoms with van der Waals surface area (Å²) < 4.78 is 33.8. The van der Waals surface area contributed by atoms with Gasteiger partial charge >= 0.3 is 0 Å². The summed E-state index contributed by atoms with van der Waals surface area (Å²) in [6.45, 7) is 4.45. The van der Waals surface area contributed by atoms with Crippen molar-refractivity contribution in [2.45, 2.75) is 23.6 Å². The molecule has 8 heteroatoms. The SMILES string of the molecule is Cc1ccc(NS(=O)(=O)c2ccc(NC(=O)c3ccc(OCCSc4ccccc4)cc3)cc2)cc1C. The van der Waals surface area contributed by atoms with E-state index < -0.39 is 10.0 Å². The first-order chi connectivity index (χ1) is 17.8. The van der Waals surface area contributed by atoms with Crippen molar-refractivity contribution in [3.05, 3.63) is 114 Å². The van der Waals surface area contributed by atoms with Crippen LogP contribution in [0.4, 0.5) is 11.4 Å². The quantitative estimate of drug-likeness (QED) is 0.179. The molecule has 0 aliphatic heterocycles. The predicted molar refractivity (Wildman–Crippen MR) is 150 cm³/mol. The molecule has 0 aliphatic carbocycles. The predicted octanol–water partition coefficient (Wildman–Crippen LogP) is 6.53. The van der Waals surface area contributed by atoms with E-state index in [2.05, 4.69) is 22.2 Å². The Labute approximate surface area is 222 Å². The van der Waals surface area contributed by atoms with Crippen LogP contribution in [0.5, 0.6) is 5.75 Å². The smallest absolute Gasteiger partial charge is 0.261 e. The van der Waals surface area contributed by atoms with Gasteiger partial charge in [-0.1, -0.05) is 24.3 Å². The number of amides is 1. The molecule has 0 heterocycles. The van der Waals surface area contributed by atoms with Gasteiger partial charge in [-0.05, 0) is 97.8 Å². The van der Waals surface area contributed by atoms with Crippen LogP contribution in [-0.4, -0.2) is 26.7 Å². The van der Waals surface area contributed by atoms with E-state index in [0.29, 0.717) is 29.3 Å². The van der Waals surface area contributed by atoms with Crippen molar-refractivity contribution in [2.75, 3.05) is 22.4 Å². The lowest BCUT2D eigenvalue weighted by atomic mass is 10.1. The molecule has 37 heavy (non-hydrogen) atoms. The molecule has 2 N–H and O–H groups in total. The number of rotatable bonds is 10. The van der Waals surface area contributed by atoms with Crippen LogP contribution in [0.3, 0.4) is 0 Å². The standard InChI is InChI=1S/C29H28N2O4S2/c1-21-8-11-25(20-22(21)2)31-37(33,34)28-16-12-24(13-17-28)30-29(32)23-9-14-26(15-10-23)35-18-19-36-27-6-4-3-5-7-27/h3-17,20,31H,18-19H2,1-2H3,(H,30,32). The Balaban J connectivity index is 1.29. The Morgan fingerprint density at radius 3 is 2.16 bits per heavy atom. The average Bonchev–Trinajstić information content (AvgIpc) is 2.90. The molecule has 0 saturated carbocycles. The summed E-state index contributed by atoms with van der Waals surface area (Å²) >= 11 is 1.72. The van der Waals surface area contributed by atoms with E-state index in [1.54, 1.807) is 60.3 Å².